The van der Waals surface area contributed by atoms with E-state index in [1.807, 2.05) is 20.8 Å². The van der Waals surface area contributed by atoms with E-state index >= 15 is 0 Å². The fourth-order valence-electron chi connectivity index (χ4n) is 2.12. The van der Waals surface area contributed by atoms with E-state index in [2.05, 4.69) is 25.3 Å². The van der Waals surface area contributed by atoms with E-state index in [1.54, 1.807) is 12.3 Å². The first-order valence-corrected chi connectivity index (χ1v) is 7.16. The summed E-state index contributed by atoms with van der Waals surface area (Å²) in [5, 5.41) is 3.14. The summed E-state index contributed by atoms with van der Waals surface area (Å²) in [4.78, 5) is 16.0. The molecule has 0 atom stereocenters. The highest BCUT2D eigenvalue weighted by Crippen LogP contribution is 2.28. The molecule has 9 heteroatoms. The lowest BCUT2D eigenvalue weighted by molar-refractivity contribution is -0.141. The van der Waals surface area contributed by atoms with Gasteiger partial charge in [-0.1, -0.05) is 0 Å². The van der Waals surface area contributed by atoms with Gasteiger partial charge in [-0.05, 0) is 32.9 Å². The van der Waals surface area contributed by atoms with Crippen LogP contribution in [0.2, 0.25) is 0 Å². The zero-order valence-electron chi connectivity index (χ0n) is 13.3. The summed E-state index contributed by atoms with van der Waals surface area (Å²) in [6.07, 6.45) is -0.210. The molecule has 0 fully saturated rings. The van der Waals surface area contributed by atoms with Crippen LogP contribution >= 0.6 is 0 Å². The first-order valence-electron chi connectivity index (χ1n) is 7.16. The van der Waals surface area contributed by atoms with Crippen molar-refractivity contribution in [1.82, 2.24) is 24.3 Å². The molecule has 0 amide bonds. The Hall–Kier alpha value is -2.71. The van der Waals surface area contributed by atoms with Gasteiger partial charge >= 0.3 is 6.18 Å². The summed E-state index contributed by atoms with van der Waals surface area (Å²) in [6, 6.07) is 2.57. The normalized spacial score (nSPS) is 12.6. The van der Waals surface area contributed by atoms with E-state index in [4.69, 9.17) is 0 Å². The smallest absolute Gasteiger partial charge is 0.350 e. The maximum atomic E-state index is 12.7. The topological polar surface area (TPSA) is 68.0 Å². The molecular formula is C15H15F3N6. The highest BCUT2D eigenvalue weighted by Gasteiger charge is 2.33. The third-order valence-corrected chi connectivity index (χ3v) is 3.07. The standard InChI is InChI=1S/C15H15F3N6/c1-14(2,3)23-12-19-6-4-9(21-12)10-8-20-13-22-11(15(16,17)18)5-7-24(10)13/h4-8H,1-3H3,(H,19,21,23). The van der Waals surface area contributed by atoms with Gasteiger partial charge in [-0.15, -0.1) is 0 Å². The summed E-state index contributed by atoms with van der Waals surface area (Å²) < 4.78 is 39.6. The highest BCUT2D eigenvalue weighted by molar-refractivity contribution is 5.59. The number of anilines is 1. The first kappa shape index (κ1) is 16.2. The molecule has 0 aromatic carbocycles. The second-order valence-electron chi connectivity index (χ2n) is 6.26. The molecule has 0 saturated heterocycles. The fraction of sp³-hybridized carbons (Fsp3) is 0.333. The van der Waals surface area contributed by atoms with Gasteiger partial charge in [0.15, 0.2) is 0 Å². The molecule has 0 saturated carbocycles. The number of alkyl halides is 3. The minimum absolute atomic E-state index is 0.0382. The molecule has 3 aromatic heterocycles. The first-order chi connectivity index (χ1) is 11.1. The Morgan fingerprint density at radius 3 is 2.46 bits per heavy atom. The largest absolute Gasteiger partial charge is 0.433 e. The van der Waals surface area contributed by atoms with Crippen molar-refractivity contribution in [3.8, 4) is 11.4 Å². The van der Waals surface area contributed by atoms with Crippen LogP contribution in [0.4, 0.5) is 19.1 Å². The molecule has 0 unspecified atom stereocenters. The van der Waals surface area contributed by atoms with Gasteiger partial charge in [-0.2, -0.15) is 13.2 Å². The predicted molar refractivity (Wildman–Crippen MR) is 82.4 cm³/mol. The Balaban J connectivity index is 2.03. The SMILES string of the molecule is CC(C)(C)Nc1nccc(-c2cnc3nc(C(F)(F)F)ccn23)n1. The maximum absolute atomic E-state index is 12.7. The van der Waals surface area contributed by atoms with E-state index in [0.29, 0.717) is 17.3 Å². The molecule has 0 radical (unpaired) electrons. The molecule has 0 spiro atoms. The number of imidazole rings is 1. The third kappa shape index (κ3) is 3.29. The number of rotatable bonds is 2. The molecule has 0 bridgehead atoms. The molecule has 1 N–H and O–H groups in total. The molecular weight excluding hydrogens is 321 g/mol. The summed E-state index contributed by atoms with van der Waals surface area (Å²) >= 11 is 0. The molecule has 0 aliphatic carbocycles. The minimum atomic E-state index is -4.51. The van der Waals surface area contributed by atoms with Crippen LogP contribution in [-0.2, 0) is 6.18 Å². The molecule has 0 aliphatic heterocycles. The number of nitrogens with one attached hydrogen (secondary N) is 1. The lowest BCUT2D eigenvalue weighted by atomic mass is 10.1. The van der Waals surface area contributed by atoms with Crippen LogP contribution in [-0.4, -0.2) is 29.9 Å². The number of fused-ring (bicyclic) bond motifs is 1. The lowest BCUT2D eigenvalue weighted by Gasteiger charge is -2.20. The Labute approximate surface area is 135 Å². The summed E-state index contributed by atoms with van der Waals surface area (Å²) in [5.74, 6) is 0.388. The van der Waals surface area contributed by atoms with Gasteiger partial charge in [-0.3, -0.25) is 4.40 Å². The van der Waals surface area contributed by atoms with Crippen molar-refractivity contribution < 1.29 is 13.2 Å². The number of hydrogen-bond acceptors (Lipinski definition) is 5. The molecule has 24 heavy (non-hydrogen) atoms. The minimum Gasteiger partial charge on any atom is -0.350 e. The second kappa shape index (κ2) is 5.43. The van der Waals surface area contributed by atoms with Crippen molar-refractivity contribution in [3.63, 3.8) is 0 Å². The average Bonchev–Trinajstić information content (AvgIpc) is 2.87. The van der Waals surface area contributed by atoms with Crippen molar-refractivity contribution >= 4 is 11.7 Å². The van der Waals surface area contributed by atoms with E-state index in [0.717, 1.165) is 6.07 Å². The third-order valence-electron chi connectivity index (χ3n) is 3.07. The molecule has 3 heterocycles. The molecule has 126 valence electrons. The van der Waals surface area contributed by atoms with Gasteiger partial charge in [-0.25, -0.2) is 19.9 Å². The van der Waals surface area contributed by atoms with Crippen molar-refractivity contribution in [2.24, 2.45) is 0 Å². The van der Waals surface area contributed by atoms with Gasteiger partial charge in [0.2, 0.25) is 11.7 Å². The summed E-state index contributed by atoms with van der Waals surface area (Å²) in [6.45, 7) is 5.92. The zero-order chi connectivity index (χ0) is 17.5. The van der Waals surface area contributed by atoms with Gasteiger partial charge in [0, 0.05) is 17.9 Å². The van der Waals surface area contributed by atoms with Crippen molar-refractivity contribution in [2.45, 2.75) is 32.5 Å². The Bertz CT molecular complexity index is 879. The zero-order valence-corrected chi connectivity index (χ0v) is 13.3. The lowest BCUT2D eigenvalue weighted by Crippen LogP contribution is -2.27. The Morgan fingerprint density at radius 1 is 1.04 bits per heavy atom. The van der Waals surface area contributed by atoms with E-state index in [-0.39, 0.29) is 11.3 Å². The number of hydrogen-bond donors (Lipinski definition) is 1. The van der Waals surface area contributed by atoms with Gasteiger partial charge in [0.05, 0.1) is 17.6 Å². The van der Waals surface area contributed by atoms with E-state index in [9.17, 15) is 13.2 Å². The monoisotopic (exact) mass is 336 g/mol. The number of halogens is 3. The second-order valence-corrected chi connectivity index (χ2v) is 6.26. The van der Waals surface area contributed by atoms with Crippen LogP contribution in [0.5, 0.6) is 0 Å². The summed E-state index contributed by atoms with van der Waals surface area (Å²) in [5.41, 5.74) is -0.136. The van der Waals surface area contributed by atoms with Crippen molar-refractivity contribution in [3.05, 3.63) is 36.4 Å². The van der Waals surface area contributed by atoms with Gasteiger partial charge in [0.1, 0.15) is 5.69 Å². The average molecular weight is 336 g/mol. The Morgan fingerprint density at radius 2 is 1.79 bits per heavy atom. The van der Waals surface area contributed by atoms with Crippen LogP contribution in [0.15, 0.2) is 30.7 Å². The molecule has 6 nitrogen and oxygen atoms in total. The number of aromatic nitrogens is 5. The van der Waals surface area contributed by atoms with Crippen molar-refractivity contribution in [2.75, 3.05) is 5.32 Å². The van der Waals surface area contributed by atoms with Crippen LogP contribution < -0.4 is 5.32 Å². The van der Waals surface area contributed by atoms with Crippen LogP contribution in [0.3, 0.4) is 0 Å². The van der Waals surface area contributed by atoms with Gasteiger partial charge < -0.3 is 5.32 Å². The molecule has 3 rings (SSSR count). The van der Waals surface area contributed by atoms with E-state index in [1.165, 1.54) is 16.8 Å². The predicted octanol–water partition coefficient (Wildman–Crippen LogP) is 3.42. The van der Waals surface area contributed by atoms with Crippen LogP contribution in [0.1, 0.15) is 26.5 Å². The molecule has 3 aromatic rings. The van der Waals surface area contributed by atoms with Crippen molar-refractivity contribution in [1.29, 1.82) is 0 Å². The van der Waals surface area contributed by atoms with Gasteiger partial charge in [0.25, 0.3) is 0 Å². The highest BCUT2D eigenvalue weighted by atomic mass is 19.4. The number of nitrogens with zero attached hydrogens (tertiary/aromatic N) is 5. The van der Waals surface area contributed by atoms with E-state index < -0.39 is 11.9 Å². The summed E-state index contributed by atoms with van der Waals surface area (Å²) in [7, 11) is 0. The fourth-order valence-corrected chi connectivity index (χ4v) is 2.12. The van der Waals surface area contributed by atoms with Crippen LogP contribution in [0, 0.1) is 0 Å². The quantitative estimate of drug-likeness (QED) is 0.777. The van der Waals surface area contributed by atoms with Crippen LogP contribution in [0.25, 0.3) is 17.2 Å². The molecule has 0 aliphatic rings. The Kier molecular flexibility index (Phi) is 3.66. The maximum Gasteiger partial charge on any atom is 0.433 e.